The fourth-order valence-corrected chi connectivity index (χ4v) is 2.69. The van der Waals surface area contributed by atoms with Crippen molar-refractivity contribution in [2.24, 2.45) is 5.92 Å². The molecule has 15 heavy (non-hydrogen) atoms. The van der Waals surface area contributed by atoms with E-state index in [0.29, 0.717) is 23.1 Å². The quantitative estimate of drug-likeness (QED) is 0.843. The van der Waals surface area contributed by atoms with Crippen LogP contribution in [-0.4, -0.2) is 17.7 Å². The van der Waals surface area contributed by atoms with Crippen LogP contribution < -0.4 is 5.73 Å². The summed E-state index contributed by atoms with van der Waals surface area (Å²) in [5.74, 6) is 1.13. The predicted molar refractivity (Wildman–Crippen MR) is 63.1 cm³/mol. The highest BCUT2D eigenvalue weighted by molar-refractivity contribution is 7.13. The molecule has 2 N–H and O–H groups in total. The molecule has 0 unspecified atom stereocenters. The van der Waals surface area contributed by atoms with E-state index in [9.17, 15) is 0 Å². The van der Waals surface area contributed by atoms with Crippen molar-refractivity contribution in [3.8, 4) is 0 Å². The Morgan fingerprint density at radius 1 is 1.60 bits per heavy atom. The highest BCUT2D eigenvalue weighted by Crippen LogP contribution is 2.33. The first-order valence-corrected chi connectivity index (χ1v) is 6.37. The molecule has 1 aromatic heterocycles. The Morgan fingerprint density at radius 3 is 3.00 bits per heavy atom. The maximum Gasteiger partial charge on any atom is 0.180 e. The molecule has 84 valence electrons. The zero-order valence-corrected chi connectivity index (χ0v) is 10.1. The third-order valence-electron chi connectivity index (χ3n) is 3.02. The molecule has 0 aromatic carbocycles. The van der Waals surface area contributed by atoms with Gasteiger partial charge in [0.25, 0.3) is 0 Å². The Hall–Kier alpha value is -0.610. The van der Waals surface area contributed by atoms with Gasteiger partial charge in [-0.2, -0.15) is 0 Å². The van der Waals surface area contributed by atoms with Gasteiger partial charge >= 0.3 is 0 Å². The summed E-state index contributed by atoms with van der Waals surface area (Å²) in [4.78, 5) is 4.37. The van der Waals surface area contributed by atoms with Gasteiger partial charge < -0.3 is 10.5 Å². The molecule has 1 aliphatic heterocycles. The second-order valence-corrected chi connectivity index (χ2v) is 5.37. The summed E-state index contributed by atoms with van der Waals surface area (Å²) >= 11 is 1.53. The van der Waals surface area contributed by atoms with E-state index in [1.165, 1.54) is 11.3 Å². The highest BCUT2D eigenvalue weighted by atomic mass is 32.1. The van der Waals surface area contributed by atoms with Crippen LogP contribution in [0.2, 0.25) is 0 Å². The number of thiazole rings is 1. The lowest BCUT2D eigenvalue weighted by Gasteiger charge is -2.31. The highest BCUT2D eigenvalue weighted by Gasteiger charge is 2.27. The Bertz CT molecular complexity index is 324. The number of hydrogen-bond donors (Lipinski definition) is 1. The van der Waals surface area contributed by atoms with E-state index in [-0.39, 0.29) is 0 Å². The van der Waals surface area contributed by atoms with E-state index in [0.717, 1.165) is 25.1 Å². The number of nitrogens with two attached hydrogens (primary N) is 1. The first-order chi connectivity index (χ1) is 7.16. The van der Waals surface area contributed by atoms with Gasteiger partial charge in [0.2, 0.25) is 0 Å². The summed E-state index contributed by atoms with van der Waals surface area (Å²) in [7, 11) is 0. The third kappa shape index (κ3) is 2.49. The standard InChI is InChI=1S/C11H18N2OS/c1-7(2)10-5-8(3-4-14-10)9-6-15-11(12)13-9/h6-8,10H,3-5H2,1-2H3,(H2,12,13)/t8-,10-/m1/s1. The van der Waals surface area contributed by atoms with Crippen LogP contribution in [0.15, 0.2) is 5.38 Å². The van der Waals surface area contributed by atoms with Crippen molar-refractivity contribution in [1.29, 1.82) is 0 Å². The topological polar surface area (TPSA) is 48.1 Å². The van der Waals surface area contributed by atoms with Gasteiger partial charge in [-0.15, -0.1) is 11.3 Å². The van der Waals surface area contributed by atoms with Crippen molar-refractivity contribution >= 4 is 16.5 Å². The van der Waals surface area contributed by atoms with Crippen molar-refractivity contribution in [2.45, 2.75) is 38.7 Å². The molecule has 2 heterocycles. The molecule has 4 heteroatoms. The van der Waals surface area contributed by atoms with E-state index in [4.69, 9.17) is 10.5 Å². The Kier molecular flexibility index (Phi) is 3.26. The Labute approximate surface area is 94.7 Å². The third-order valence-corrected chi connectivity index (χ3v) is 3.71. The zero-order chi connectivity index (χ0) is 10.8. The molecule has 1 fully saturated rings. The number of anilines is 1. The summed E-state index contributed by atoms with van der Waals surface area (Å²) in [6.45, 7) is 5.27. The first kappa shape index (κ1) is 10.9. The van der Waals surface area contributed by atoms with E-state index < -0.39 is 0 Å². The summed E-state index contributed by atoms with van der Waals surface area (Å²) in [5.41, 5.74) is 6.81. The number of nitrogen functional groups attached to an aromatic ring is 1. The second kappa shape index (κ2) is 4.49. The van der Waals surface area contributed by atoms with E-state index in [2.05, 4.69) is 24.2 Å². The van der Waals surface area contributed by atoms with Gasteiger partial charge in [-0.05, 0) is 18.8 Å². The molecule has 0 amide bonds. The fourth-order valence-electron chi connectivity index (χ4n) is 2.05. The summed E-state index contributed by atoms with van der Waals surface area (Å²) in [6, 6.07) is 0. The Balaban J connectivity index is 2.04. The van der Waals surface area contributed by atoms with Crippen LogP contribution in [0.25, 0.3) is 0 Å². The monoisotopic (exact) mass is 226 g/mol. The van der Waals surface area contributed by atoms with E-state index in [1.807, 2.05) is 0 Å². The number of hydrogen-bond acceptors (Lipinski definition) is 4. The molecule has 0 saturated carbocycles. The number of nitrogens with zero attached hydrogens (tertiary/aromatic N) is 1. The second-order valence-electron chi connectivity index (χ2n) is 4.49. The molecular weight excluding hydrogens is 208 g/mol. The molecule has 0 bridgehead atoms. The minimum Gasteiger partial charge on any atom is -0.378 e. The molecule has 1 saturated heterocycles. The SMILES string of the molecule is CC(C)[C@H]1C[C@H](c2csc(N)n2)CCO1. The zero-order valence-electron chi connectivity index (χ0n) is 9.27. The predicted octanol–water partition coefficient (Wildman–Crippen LogP) is 2.64. The largest absolute Gasteiger partial charge is 0.378 e. The molecular formula is C11H18N2OS. The maximum absolute atomic E-state index is 5.74. The van der Waals surface area contributed by atoms with Crippen LogP contribution in [0.4, 0.5) is 5.13 Å². The van der Waals surface area contributed by atoms with Crippen LogP contribution in [0, 0.1) is 5.92 Å². The Morgan fingerprint density at radius 2 is 2.40 bits per heavy atom. The minimum absolute atomic E-state index is 0.381. The van der Waals surface area contributed by atoms with Gasteiger partial charge in [-0.25, -0.2) is 4.98 Å². The smallest absolute Gasteiger partial charge is 0.180 e. The van der Waals surface area contributed by atoms with Crippen LogP contribution in [-0.2, 0) is 4.74 Å². The average Bonchev–Trinajstić information content (AvgIpc) is 2.65. The lowest BCUT2D eigenvalue weighted by Crippen LogP contribution is -2.28. The molecule has 1 aliphatic rings. The normalized spacial score (nSPS) is 27.1. The van der Waals surface area contributed by atoms with Gasteiger partial charge in [0.05, 0.1) is 11.8 Å². The number of ether oxygens (including phenoxy) is 1. The van der Waals surface area contributed by atoms with Gasteiger partial charge in [-0.3, -0.25) is 0 Å². The van der Waals surface area contributed by atoms with E-state index >= 15 is 0 Å². The van der Waals surface area contributed by atoms with Crippen molar-refractivity contribution in [3.63, 3.8) is 0 Å². The maximum atomic E-state index is 5.74. The summed E-state index contributed by atoms with van der Waals surface area (Å²) in [6.07, 6.45) is 2.54. The van der Waals surface area contributed by atoms with Crippen LogP contribution >= 0.6 is 11.3 Å². The molecule has 1 aromatic rings. The van der Waals surface area contributed by atoms with Crippen LogP contribution in [0.1, 0.15) is 38.3 Å². The molecule has 3 nitrogen and oxygen atoms in total. The molecule has 0 spiro atoms. The number of rotatable bonds is 2. The minimum atomic E-state index is 0.381. The van der Waals surface area contributed by atoms with Gasteiger partial charge in [0, 0.05) is 17.9 Å². The molecule has 0 radical (unpaired) electrons. The van der Waals surface area contributed by atoms with Crippen molar-refractivity contribution in [2.75, 3.05) is 12.3 Å². The summed E-state index contributed by atoms with van der Waals surface area (Å²) < 4.78 is 5.74. The van der Waals surface area contributed by atoms with Gasteiger partial charge in [-0.1, -0.05) is 13.8 Å². The van der Waals surface area contributed by atoms with Crippen molar-refractivity contribution in [3.05, 3.63) is 11.1 Å². The van der Waals surface area contributed by atoms with Crippen LogP contribution in [0.5, 0.6) is 0 Å². The van der Waals surface area contributed by atoms with Crippen LogP contribution in [0.3, 0.4) is 0 Å². The number of aromatic nitrogens is 1. The average molecular weight is 226 g/mol. The van der Waals surface area contributed by atoms with E-state index in [1.54, 1.807) is 0 Å². The van der Waals surface area contributed by atoms with Crippen molar-refractivity contribution < 1.29 is 4.74 Å². The van der Waals surface area contributed by atoms with Gasteiger partial charge in [0.15, 0.2) is 5.13 Å². The first-order valence-electron chi connectivity index (χ1n) is 5.49. The van der Waals surface area contributed by atoms with Gasteiger partial charge in [0.1, 0.15) is 0 Å². The lowest BCUT2D eigenvalue weighted by molar-refractivity contribution is -0.0206. The lowest BCUT2D eigenvalue weighted by atomic mass is 9.88. The van der Waals surface area contributed by atoms with Crippen molar-refractivity contribution in [1.82, 2.24) is 4.98 Å². The molecule has 2 atom stereocenters. The fraction of sp³-hybridized carbons (Fsp3) is 0.727. The summed E-state index contributed by atoms with van der Waals surface area (Å²) in [5, 5.41) is 2.76. The molecule has 0 aliphatic carbocycles. The molecule has 2 rings (SSSR count).